The zero-order valence-electron chi connectivity index (χ0n) is 21.0. The quantitative estimate of drug-likeness (QED) is 0.202. The fourth-order valence-electron chi connectivity index (χ4n) is 4.00. The number of aliphatic hydroxyl groups excluding tert-OH is 3. The van der Waals surface area contributed by atoms with Crippen molar-refractivity contribution in [2.75, 3.05) is 6.61 Å². The normalized spacial score (nSPS) is 19.5. The van der Waals surface area contributed by atoms with Gasteiger partial charge in [-0.15, -0.1) is 0 Å². The summed E-state index contributed by atoms with van der Waals surface area (Å²) in [7, 11) is 0. The molecule has 0 radical (unpaired) electrons. The van der Waals surface area contributed by atoms with Crippen LogP contribution in [0.3, 0.4) is 0 Å². The summed E-state index contributed by atoms with van der Waals surface area (Å²) in [5, 5.41) is 28.7. The molecule has 1 aliphatic heterocycles. The lowest BCUT2D eigenvalue weighted by Gasteiger charge is -2.16. The monoisotopic (exact) mass is 468 g/mol. The number of hydrogen-bond acceptors (Lipinski definition) is 7. The second kappa shape index (κ2) is 15.0. The minimum atomic E-state index is -1.46. The average Bonchev–Trinajstić information content (AvgIpc) is 2.99. The summed E-state index contributed by atoms with van der Waals surface area (Å²) in [6.07, 6.45) is 9.20. The summed E-state index contributed by atoms with van der Waals surface area (Å²) < 4.78 is 9.61. The molecule has 4 atom stereocenters. The average molecular weight is 469 g/mol. The van der Waals surface area contributed by atoms with E-state index in [1.54, 1.807) is 0 Å². The van der Waals surface area contributed by atoms with Crippen molar-refractivity contribution in [3.05, 3.63) is 23.2 Å². The predicted octanol–water partition coefficient (Wildman–Crippen LogP) is 5.53. The van der Waals surface area contributed by atoms with Gasteiger partial charge in [0.1, 0.15) is 12.7 Å². The summed E-state index contributed by atoms with van der Waals surface area (Å²) in [5.74, 6) is -1.17. The van der Waals surface area contributed by atoms with Crippen LogP contribution in [0, 0.1) is 17.8 Å². The van der Waals surface area contributed by atoms with Crippen molar-refractivity contribution < 1.29 is 34.4 Å². The molecule has 3 N–H and O–H groups in total. The van der Waals surface area contributed by atoms with Gasteiger partial charge >= 0.3 is 11.9 Å². The van der Waals surface area contributed by atoms with E-state index >= 15 is 0 Å². The molecule has 0 aromatic rings. The lowest BCUT2D eigenvalue weighted by molar-refractivity contribution is -0.151. The first-order chi connectivity index (χ1) is 15.5. The van der Waals surface area contributed by atoms with E-state index in [9.17, 15) is 24.9 Å². The molecule has 0 saturated carbocycles. The lowest BCUT2D eigenvalue weighted by Crippen LogP contribution is -2.33. The molecule has 4 unspecified atom stereocenters. The Bertz CT molecular complexity index is 680. The van der Waals surface area contributed by atoms with Gasteiger partial charge in [-0.2, -0.15) is 0 Å². The highest BCUT2D eigenvalue weighted by molar-refractivity contribution is 5.89. The van der Waals surface area contributed by atoms with E-state index in [1.807, 2.05) is 6.92 Å². The number of esters is 2. The molecule has 1 heterocycles. The fourth-order valence-corrected chi connectivity index (χ4v) is 4.00. The molecule has 1 aliphatic rings. The van der Waals surface area contributed by atoms with Crippen LogP contribution < -0.4 is 0 Å². The van der Waals surface area contributed by atoms with Crippen LogP contribution in [0.25, 0.3) is 0 Å². The smallest absolute Gasteiger partial charge is 0.377 e. The molecule has 7 heteroatoms. The standard InChI is InChI=1S/C26H44O7/c1-17(2)9-6-10-18(3)11-7-12-19(4)13-8-14-20(5)15-22(28)32-16-21(27)25-23(29)24(30)26(31)33-25/h15,17-19,21,25,27,29-30H,6-14,16H2,1-5H3. The Morgan fingerprint density at radius 2 is 1.55 bits per heavy atom. The van der Waals surface area contributed by atoms with E-state index in [0.717, 1.165) is 36.7 Å². The van der Waals surface area contributed by atoms with Crippen LogP contribution in [-0.4, -0.2) is 46.1 Å². The number of hydrogen-bond donors (Lipinski definition) is 3. The van der Waals surface area contributed by atoms with Crippen molar-refractivity contribution in [3.63, 3.8) is 0 Å². The third-order valence-corrected chi connectivity index (χ3v) is 6.19. The first-order valence-electron chi connectivity index (χ1n) is 12.4. The van der Waals surface area contributed by atoms with Crippen LogP contribution >= 0.6 is 0 Å². The summed E-state index contributed by atoms with van der Waals surface area (Å²) >= 11 is 0. The number of aliphatic hydroxyl groups is 3. The van der Waals surface area contributed by atoms with Crippen LogP contribution in [0.5, 0.6) is 0 Å². The second-order valence-corrected chi connectivity index (χ2v) is 10.1. The summed E-state index contributed by atoms with van der Waals surface area (Å²) in [5.41, 5.74) is 0.896. The first kappa shape index (κ1) is 29.0. The van der Waals surface area contributed by atoms with Gasteiger partial charge in [-0.25, -0.2) is 9.59 Å². The van der Waals surface area contributed by atoms with Gasteiger partial charge in [0.15, 0.2) is 11.9 Å². The topological polar surface area (TPSA) is 113 Å². The first-order valence-corrected chi connectivity index (χ1v) is 12.4. The maximum Gasteiger partial charge on any atom is 0.377 e. The molecule has 0 aromatic carbocycles. The number of carbonyl (C=O) groups is 2. The second-order valence-electron chi connectivity index (χ2n) is 10.1. The van der Waals surface area contributed by atoms with E-state index in [2.05, 4.69) is 32.4 Å². The van der Waals surface area contributed by atoms with E-state index < -0.39 is 42.3 Å². The maximum atomic E-state index is 12.0. The maximum absolute atomic E-state index is 12.0. The Morgan fingerprint density at radius 3 is 2.06 bits per heavy atom. The highest BCUT2D eigenvalue weighted by atomic mass is 16.6. The molecule has 0 aliphatic carbocycles. The molecular formula is C26H44O7. The van der Waals surface area contributed by atoms with Gasteiger partial charge in [-0.1, -0.05) is 78.2 Å². The van der Waals surface area contributed by atoms with Crippen molar-refractivity contribution in [1.29, 1.82) is 0 Å². The van der Waals surface area contributed by atoms with Gasteiger partial charge < -0.3 is 24.8 Å². The highest BCUT2D eigenvalue weighted by Crippen LogP contribution is 2.23. The van der Waals surface area contributed by atoms with Crippen molar-refractivity contribution in [2.45, 2.75) is 105 Å². The number of rotatable bonds is 16. The summed E-state index contributed by atoms with van der Waals surface area (Å²) in [6, 6.07) is 0. The largest absolute Gasteiger partial charge is 0.505 e. The van der Waals surface area contributed by atoms with E-state index in [4.69, 9.17) is 4.74 Å². The minimum Gasteiger partial charge on any atom is -0.505 e. The van der Waals surface area contributed by atoms with Crippen LogP contribution in [0.15, 0.2) is 23.2 Å². The van der Waals surface area contributed by atoms with Crippen LogP contribution in [0.2, 0.25) is 0 Å². The van der Waals surface area contributed by atoms with E-state index in [-0.39, 0.29) is 0 Å². The van der Waals surface area contributed by atoms with Gasteiger partial charge in [0.25, 0.3) is 0 Å². The molecule has 0 spiro atoms. The number of allylic oxidation sites excluding steroid dienone is 1. The van der Waals surface area contributed by atoms with Crippen molar-refractivity contribution in [3.8, 4) is 0 Å². The highest BCUT2D eigenvalue weighted by Gasteiger charge is 2.39. The SMILES string of the molecule is CC(=CC(=O)OCC(O)C1OC(=O)C(O)=C1O)CCCC(C)CCCC(C)CCCC(C)C. The zero-order valence-corrected chi connectivity index (χ0v) is 21.0. The van der Waals surface area contributed by atoms with E-state index in [0.29, 0.717) is 5.92 Å². The molecule has 0 saturated heterocycles. The molecule has 190 valence electrons. The van der Waals surface area contributed by atoms with E-state index in [1.165, 1.54) is 44.6 Å². The molecule has 0 bridgehead atoms. The fraction of sp³-hybridized carbons (Fsp3) is 0.769. The van der Waals surface area contributed by atoms with Crippen LogP contribution in [-0.2, 0) is 19.1 Å². The third kappa shape index (κ3) is 11.6. The Morgan fingerprint density at radius 1 is 1.00 bits per heavy atom. The van der Waals surface area contributed by atoms with Crippen LogP contribution in [0.1, 0.15) is 92.4 Å². The molecule has 1 rings (SSSR count). The van der Waals surface area contributed by atoms with Gasteiger partial charge in [0, 0.05) is 6.08 Å². The van der Waals surface area contributed by atoms with Crippen molar-refractivity contribution >= 4 is 11.9 Å². The number of ether oxygens (including phenoxy) is 2. The zero-order chi connectivity index (χ0) is 25.0. The Balaban J connectivity index is 2.19. The summed E-state index contributed by atoms with van der Waals surface area (Å²) in [6.45, 7) is 10.6. The van der Waals surface area contributed by atoms with Gasteiger partial charge in [0.2, 0.25) is 5.76 Å². The Labute approximate surface area is 198 Å². The third-order valence-electron chi connectivity index (χ3n) is 6.19. The molecule has 0 amide bonds. The molecule has 0 fully saturated rings. The Hall–Kier alpha value is -2.02. The molecule has 33 heavy (non-hydrogen) atoms. The van der Waals surface area contributed by atoms with Gasteiger partial charge in [-0.3, -0.25) is 0 Å². The lowest BCUT2D eigenvalue weighted by atomic mass is 9.91. The molecule has 7 nitrogen and oxygen atoms in total. The van der Waals surface area contributed by atoms with Crippen molar-refractivity contribution in [1.82, 2.24) is 0 Å². The number of cyclic esters (lactones) is 1. The minimum absolute atomic E-state index is 0.467. The Kier molecular flexibility index (Phi) is 13.2. The van der Waals surface area contributed by atoms with Crippen molar-refractivity contribution in [2.24, 2.45) is 17.8 Å². The number of carbonyl (C=O) groups excluding carboxylic acids is 2. The molecular weight excluding hydrogens is 424 g/mol. The van der Waals surface area contributed by atoms with Crippen LogP contribution in [0.4, 0.5) is 0 Å². The van der Waals surface area contributed by atoms with Gasteiger partial charge in [0.05, 0.1) is 0 Å². The van der Waals surface area contributed by atoms with Gasteiger partial charge in [-0.05, 0) is 37.5 Å². The summed E-state index contributed by atoms with van der Waals surface area (Å²) in [4.78, 5) is 23.1. The predicted molar refractivity (Wildman–Crippen MR) is 128 cm³/mol. The molecule has 0 aromatic heterocycles.